The fourth-order valence-electron chi connectivity index (χ4n) is 2.45. The minimum absolute atomic E-state index is 0.182. The molecule has 112 valence electrons. The first-order valence-electron chi connectivity index (χ1n) is 6.88. The summed E-state index contributed by atoms with van der Waals surface area (Å²) in [6.07, 6.45) is 1.35. The van der Waals surface area contributed by atoms with Gasteiger partial charge in [0.15, 0.2) is 5.60 Å². The summed E-state index contributed by atoms with van der Waals surface area (Å²) in [4.78, 5) is 14.0. The second kappa shape index (κ2) is 7.17. The van der Waals surface area contributed by atoms with Gasteiger partial charge in [-0.1, -0.05) is 0 Å². The van der Waals surface area contributed by atoms with Crippen molar-refractivity contribution in [2.75, 3.05) is 33.4 Å². The molecule has 0 spiro atoms. The number of rotatable bonds is 7. The van der Waals surface area contributed by atoms with Crippen molar-refractivity contribution in [1.82, 2.24) is 10.2 Å². The zero-order valence-electron chi connectivity index (χ0n) is 11.8. The van der Waals surface area contributed by atoms with Gasteiger partial charge in [-0.25, -0.2) is 0 Å². The SMILES string of the molecule is COCCN1CCC[C@@](O)(CNCc2ccsc2)C1=O. The van der Waals surface area contributed by atoms with E-state index >= 15 is 0 Å². The zero-order valence-corrected chi connectivity index (χ0v) is 12.6. The molecule has 0 bridgehead atoms. The highest BCUT2D eigenvalue weighted by atomic mass is 32.1. The molecular formula is C14H22N2O3S. The smallest absolute Gasteiger partial charge is 0.255 e. The molecule has 1 aliphatic heterocycles. The van der Waals surface area contributed by atoms with Crippen molar-refractivity contribution < 1.29 is 14.6 Å². The predicted molar refractivity (Wildman–Crippen MR) is 78.7 cm³/mol. The van der Waals surface area contributed by atoms with E-state index < -0.39 is 5.60 Å². The number of hydrogen-bond donors (Lipinski definition) is 2. The highest BCUT2D eigenvalue weighted by Gasteiger charge is 2.41. The number of piperidine rings is 1. The van der Waals surface area contributed by atoms with Gasteiger partial charge >= 0.3 is 0 Å². The molecule has 0 unspecified atom stereocenters. The molecule has 6 heteroatoms. The van der Waals surface area contributed by atoms with Crippen LogP contribution in [0.5, 0.6) is 0 Å². The molecule has 5 nitrogen and oxygen atoms in total. The van der Waals surface area contributed by atoms with E-state index in [1.54, 1.807) is 23.3 Å². The Morgan fingerprint density at radius 3 is 3.15 bits per heavy atom. The van der Waals surface area contributed by atoms with Gasteiger partial charge in [0.2, 0.25) is 0 Å². The minimum Gasteiger partial charge on any atom is -0.383 e. The molecule has 2 heterocycles. The highest BCUT2D eigenvalue weighted by Crippen LogP contribution is 2.22. The molecule has 0 saturated carbocycles. The number of hydrogen-bond acceptors (Lipinski definition) is 5. The number of nitrogens with one attached hydrogen (secondary N) is 1. The molecule has 0 radical (unpaired) electrons. The van der Waals surface area contributed by atoms with E-state index in [2.05, 4.69) is 10.7 Å². The van der Waals surface area contributed by atoms with Crippen molar-refractivity contribution in [1.29, 1.82) is 0 Å². The second-order valence-corrected chi connectivity index (χ2v) is 5.94. The molecule has 2 N–H and O–H groups in total. The van der Waals surface area contributed by atoms with Crippen LogP contribution in [0.15, 0.2) is 16.8 Å². The van der Waals surface area contributed by atoms with Crippen molar-refractivity contribution >= 4 is 17.2 Å². The van der Waals surface area contributed by atoms with Crippen LogP contribution in [0.2, 0.25) is 0 Å². The quantitative estimate of drug-likeness (QED) is 0.783. The third kappa shape index (κ3) is 3.79. The summed E-state index contributed by atoms with van der Waals surface area (Å²) in [7, 11) is 1.61. The van der Waals surface area contributed by atoms with E-state index in [0.717, 1.165) is 6.42 Å². The van der Waals surface area contributed by atoms with E-state index in [0.29, 0.717) is 39.2 Å². The molecule has 1 aromatic heterocycles. The molecule has 1 saturated heterocycles. The Hall–Kier alpha value is -0.950. The largest absolute Gasteiger partial charge is 0.383 e. The van der Waals surface area contributed by atoms with E-state index in [9.17, 15) is 9.90 Å². The average molecular weight is 298 g/mol. The number of carbonyl (C=O) groups excluding carboxylic acids is 1. The lowest BCUT2D eigenvalue weighted by Crippen LogP contribution is -2.58. The average Bonchev–Trinajstić information content (AvgIpc) is 2.94. The molecular weight excluding hydrogens is 276 g/mol. The third-order valence-electron chi connectivity index (χ3n) is 3.60. The van der Waals surface area contributed by atoms with E-state index in [1.807, 2.05) is 11.4 Å². The topological polar surface area (TPSA) is 61.8 Å². The van der Waals surface area contributed by atoms with Gasteiger partial charge in [-0.15, -0.1) is 0 Å². The first kappa shape index (κ1) is 15.4. The van der Waals surface area contributed by atoms with Gasteiger partial charge in [0.1, 0.15) is 0 Å². The van der Waals surface area contributed by atoms with Crippen molar-refractivity contribution in [3.63, 3.8) is 0 Å². The molecule has 0 aromatic carbocycles. The van der Waals surface area contributed by atoms with Crippen molar-refractivity contribution in [3.05, 3.63) is 22.4 Å². The van der Waals surface area contributed by atoms with Gasteiger partial charge in [-0.3, -0.25) is 4.79 Å². The number of amides is 1. The molecule has 2 rings (SSSR count). The molecule has 1 amide bonds. The van der Waals surface area contributed by atoms with Crippen LogP contribution in [0.25, 0.3) is 0 Å². The number of carbonyl (C=O) groups is 1. The summed E-state index contributed by atoms with van der Waals surface area (Å²) in [5.41, 5.74) is -0.0970. The van der Waals surface area contributed by atoms with Crippen LogP contribution in [0.1, 0.15) is 18.4 Å². The fraction of sp³-hybridized carbons (Fsp3) is 0.643. The minimum atomic E-state index is -1.28. The number of thiophene rings is 1. The summed E-state index contributed by atoms with van der Waals surface area (Å²) in [6.45, 7) is 2.73. The summed E-state index contributed by atoms with van der Waals surface area (Å²) < 4.78 is 5.00. The Labute approximate surface area is 123 Å². The van der Waals surface area contributed by atoms with Crippen molar-refractivity contribution in [3.8, 4) is 0 Å². The molecule has 1 fully saturated rings. The number of ether oxygens (including phenoxy) is 1. The summed E-state index contributed by atoms with van der Waals surface area (Å²) >= 11 is 1.64. The third-order valence-corrected chi connectivity index (χ3v) is 4.33. The van der Waals surface area contributed by atoms with E-state index in [1.165, 1.54) is 5.56 Å². The monoisotopic (exact) mass is 298 g/mol. The predicted octanol–water partition coefficient (Wildman–Crippen LogP) is 0.838. The lowest BCUT2D eigenvalue weighted by Gasteiger charge is -2.38. The summed E-state index contributed by atoms with van der Waals surface area (Å²) in [5, 5.41) is 17.8. The molecule has 1 atom stereocenters. The van der Waals surface area contributed by atoms with Crippen LogP contribution in [-0.4, -0.2) is 54.9 Å². The van der Waals surface area contributed by atoms with E-state index in [-0.39, 0.29) is 5.91 Å². The second-order valence-electron chi connectivity index (χ2n) is 5.16. The zero-order chi connectivity index (χ0) is 14.4. The number of nitrogens with zero attached hydrogens (tertiary/aromatic N) is 1. The number of methoxy groups -OCH3 is 1. The lowest BCUT2D eigenvalue weighted by atomic mass is 9.91. The van der Waals surface area contributed by atoms with Gasteiger partial charge in [0.05, 0.1) is 6.61 Å². The van der Waals surface area contributed by atoms with Gasteiger partial charge in [-0.2, -0.15) is 11.3 Å². The van der Waals surface area contributed by atoms with Crippen LogP contribution < -0.4 is 5.32 Å². The lowest BCUT2D eigenvalue weighted by molar-refractivity contribution is -0.157. The van der Waals surface area contributed by atoms with E-state index in [4.69, 9.17) is 4.74 Å². The Kier molecular flexibility index (Phi) is 5.54. The molecule has 0 aliphatic carbocycles. The van der Waals surface area contributed by atoms with Crippen molar-refractivity contribution in [2.45, 2.75) is 25.0 Å². The maximum Gasteiger partial charge on any atom is 0.255 e. The first-order valence-corrected chi connectivity index (χ1v) is 7.82. The van der Waals surface area contributed by atoms with Gasteiger partial charge in [0, 0.05) is 33.3 Å². The Morgan fingerprint density at radius 1 is 1.60 bits per heavy atom. The van der Waals surface area contributed by atoms with Crippen LogP contribution in [-0.2, 0) is 16.1 Å². The maximum atomic E-state index is 12.3. The van der Waals surface area contributed by atoms with Crippen LogP contribution in [0, 0.1) is 0 Å². The maximum absolute atomic E-state index is 12.3. The molecule has 1 aromatic rings. The fourth-order valence-corrected chi connectivity index (χ4v) is 3.12. The molecule has 1 aliphatic rings. The first-order chi connectivity index (χ1) is 9.65. The van der Waals surface area contributed by atoms with Crippen LogP contribution in [0.3, 0.4) is 0 Å². The Bertz CT molecular complexity index is 424. The van der Waals surface area contributed by atoms with Gasteiger partial charge in [-0.05, 0) is 35.2 Å². The summed E-state index contributed by atoms with van der Waals surface area (Å²) in [5.74, 6) is -0.182. The number of likely N-dealkylation sites (tertiary alicyclic amines) is 1. The Morgan fingerprint density at radius 2 is 2.45 bits per heavy atom. The normalized spacial score (nSPS) is 23.3. The molecule has 20 heavy (non-hydrogen) atoms. The number of aliphatic hydroxyl groups is 1. The van der Waals surface area contributed by atoms with Crippen LogP contribution in [0.4, 0.5) is 0 Å². The van der Waals surface area contributed by atoms with Gasteiger partial charge in [0.25, 0.3) is 5.91 Å². The Balaban J connectivity index is 1.85. The standard InChI is InChI=1S/C14H22N2O3S/c1-19-7-6-16-5-2-4-14(18,13(16)17)11-15-9-12-3-8-20-10-12/h3,8,10,15,18H,2,4-7,9,11H2,1H3/t14-/m1/s1. The van der Waals surface area contributed by atoms with Crippen molar-refractivity contribution in [2.24, 2.45) is 0 Å². The highest BCUT2D eigenvalue weighted by molar-refractivity contribution is 7.07. The van der Waals surface area contributed by atoms with Crippen LogP contribution >= 0.6 is 11.3 Å². The van der Waals surface area contributed by atoms with Gasteiger partial charge < -0.3 is 20.1 Å². The summed E-state index contributed by atoms with van der Waals surface area (Å²) in [6, 6.07) is 2.04.